The average molecular weight is 441 g/mol. The normalized spacial score (nSPS) is 18.8. The third-order valence-electron chi connectivity index (χ3n) is 4.01. The van der Waals surface area contributed by atoms with Crippen molar-refractivity contribution in [2.45, 2.75) is 26.3 Å². The largest absolute Gasteiger partial charge is 0.298 e. The summed E-state index contributed by atoms with van der Waals surface area (Å²) in [6.45, 7) is 5.47. The summed E-state index contributed by atoms with van der Waals surface area (Å²) in [5.41, 5.74) is 1.70. The van der Waals surface area contributed by atoms with Crippen LogP contribution in [-0.2, 0) is 6.54 Å². The quantitative estimate of drug-likeness (QED) is 0.723. The van der Waals surface area contributed by atoms with E-state index in [2.05, 4.69) is 44.7 Å². The predicted octanol–water partition coefficient (Wildman–Crippen LogP) is 4.23. The number of aromatic nitrogens is 1. The van der Waals surface area contributed by atoms with Crippen molar-refractivity contribution in [1.29, 1.82) is 0 Å². The van der Waals surface area contributed by atoms with Crippen molar-refractivity contribution in [3.63, 3.8) is 0 Å². The minimum atomic E-state index is -0.103. The third kappa shape index (κ3) is 4.74. The number of nitrogens with zero attached hydrogens (tertiary/aromatic N) is 2. The summed E-state index contributed by atoms with van der Waals surface area (Å²) >= 11 is 3.72. The molecule has 0 radical (unpaired) electrons. The number of likely N-dealkylation sites (tertiary alicyclic amines) is 1. The Morgan fingerprint density at radius 2 is 2.22 bits per heavy atom. The Balaban J connectivity index is 1.58. The summed E-state index contributed by atoms with van der Waals surface area (Å²) < 4.78 is 1.12. The van der Waals surface area contributed by atoms with E-state index >= 15 is 0 Å². The Morgan fingerprint density at radius 1 is 1.43 bits per heavy atom. The van der Waals surface area contributed by atoms with Crippen LogP contribution in [0.5, 0.6) is 0 Å². The molecule has 1 aliphatic heterocycles. The van der Waals surface area contributed by atoms with Gasteiger partial charge in [0.1, 0.15) is 0 Å². The molecule has 1 amide bonds. The number of carbonyl (C=O) groups is 1. The van der Waals surface area contributed by atoms with Gasteiger partial charge < -0.3 is 0 Å². The lowest BCUT2D eigenvalue weighted by Crippen LogP contribution is -2.33. The zero-order chi connectivity index (χ0) is 16.2. The maximum Gasteiger partial charge on any atom is 0.257 e. The molecule has 4 nitrogen and oxygen atoms in total. The van der Waals surface area contributed by atoms with Crippen LogP contribution in [0.4, 0.5) is 5.13 Å². The molecule has 0 saturated carbocycles. The fourth-order valence-corrected chi connectivity index (χ4v) is 3.92. The van der Waals surface area contributed by atoms with E-state index < -0.39 is 0 Å². The van der Waals surface area contributed by atoms with Crippen molar-refractivity contribution in [1.82, 2.24) is 9.88 Å². The number of nitrogens with one attached hydrogen (secondary N) is 1. The molecule has 2 heterocycles. The highest BCUT2D eigenvalue weighted by atomic mass is 127. The van der Waals surface area contributed by atoms with Gasteiger partial charge in [0.15, 0.2) is 5.13 Å². The molecule has 1 N–H and O–H groups in total. The standard InChI is InChI=1S/C17H20IN3OS/c1-12-3-2-8-21(9-12)10-15-11-23-17(19-15)20-16(22)13-4-6-14(18)7-5-13/h4-7,11-12H,2-3,8-10H2,1H3,(H,19,20,22). The summed E-state index contributed by atoms with van der Waals surface area (Å²) in [7, 11) is 0. The van der Waals surface area contributed by atoms with Crippen LogP contribution in [0.2, 0.25) is 0 Å². The van der Waals surface area contributed by atoms with Crippen LogP contribution in [-0.4, -0.2) is 28.9 Å². The monoisotopic (exact) mass is 441 g/mol. The molecular weight excluding hydrogens is 421 g/mol. The van der Waals surface area contributed by atoms with Crippen LogP contribution in [0.1, 0.15) is 35.8 Å². The minimum absolute atomic E-state index is 0.103. The molecule has 122 valence electrons. The lowest BCUT2D eigenvalue weighted by Gasteiger charge is -2.30. The molecule has 1 aliphatic rings. The summed E-state index contributed by atoms with van der Waals surface area (Å²) in [5, 5.41) is 5.61. The van der Waals surface area contributed by atoms with Gasteiger partial charge in [-0.05, 0) is 72.2 Å². The zero-order valence-corrected chi connectivity index (χ0v) is 16.1. The van der Waals surface area contributed by atoms with Gasteiger partial charge in [-0.2, -0.15) is 0 Å². The smallest absolute Gasteiger partial charge is 0.257 e. The number of rotatable bonds is 4. The van der Waals surface area contributed by atoms with E-state index in [1.54, 1.807) is 0 Å². The molecular formula is C17H20IN3OS. The summed E-state index contributed by atoms with van der Waals surface area (Å²) in [4.78, 5) is 19.2. The number of carbonyl (C=O) groups excluding carboxylic acids is 1. The van der Waals surface area contributed by atoms with Gasteiger partial charge in [0.25, 0.3) is 5.91 Å². The highest BCUT2D eigenvalue weighted by Crippen LogP contribution is 2.21. The van der Waals surface area contributed by atoms with Gasteiger partial charge >= 0.3 is 0 Å². The summed E-state index contributed by atoms with van der Waals surface area (Å²) in [6.07, 6.45) is 2.59. The number of hydrogen-bond acceptors (Lipinski definition) is 4. The Bertz CT molecular complexity index is 671. The first kappa shape index (κ1) is 16.9. The molecule has 0 bridgehead atoms. The average Bonchev–Trinajstić information content (AvgIpc) is 2.95. The SMILES string of the molecule is CC1CCCN(Cc2csc(NC(=O)c3ccc(I)cc3)n2)C1. The van der Waals surface area contributed by atoms with Crippen molar-refractivity contribution < 1.29 is 4.79 Å². The lowest BCUT2D eigenvalue weighted by molar-refractivity contribution is 0.102. The maximum atomic E-state index is 12.2. The number of anilines is 1. The second-order valence-corrected chi connectivity index (χ2v) is 8.19. The molecule has 23 heavy (non-hydrogen) atoms. The van der Waals surface area contributed by atoms with Crippen LogP contribution in [0.25, 0.3) is 0 Å². The number of hydrogen-bond donors (Lipinski definition) is 1. The molecule has 0 spiro atoms. The van der Waals surface area contributed by atoms with E-state index in [-0.39, 0.29) is 5.91 Å². The van der Waals surface area contributed by atoms with Gasteiger partial charge in [-0.3, -0.25) is 15.0 Å². The fraction of sp³-hybridized carbons (Fsp3) is 0.412. The highest BCUT2D eigenvalue weighted by molar-refractivity contribution is 14.1. The van der Waals surface area contributed by atoms with Crippen molar-refractivity contribution in [3.05, 3.63) is 44.5 Å². The molecule has 1 aromatic carbocycles. The van der Waals surface area contributed by atoms with Crippen molar-refractivity contribution in [3.8, 4) is 0 Å². The number of benzene rings is 1. The van der Waals surface area contributed by atoms with Gasteiger partial charge in [-0.1, -0.05) is 6.92 Å². The van der Waals surface area contributed by atoms with E-state index in [1.807, 2.05) is 29.6 Å². The van der Waals surface area contributed by atoms with Crippen LogP contribution in [0.15, 0.2) is 29.6 Å². The molecule has 1 saturated heterocycles. The molecule has 1 aromatic heterocycles. The van der Waals surface area contributed by atoms with Crippen LogP contribution >= 0.6 is 33.9 Å². The van der Waals surface area contributed by atoms with Crippen molar-refractivity contribution >= 4 is 45.0 Å². The molecule has 1 unspecified atom stereocenters. The Labute approximate surface area is 154 Å². The first-order chi connectivity index (χ1) is 11.1. The van der Waals surface area contributed by atoms with E-state index in [9.17, 15) is 4.79 Å². The second-order valence-electron chi connectivity index (χ2n) is 6.09. The van der Waals surface area contributed by atoms with Crippen LogP contribution in [0.3, 0.4) is 0 Å². The predicted molar refractivity (Wildman–Crippen MR) is 103 cm³/mol. The van der Waals surface area contributed by atoms with Crippen LogP contribution < -0.4 is 5.32 Å². The van der Waals surface area contributed by atoms with Gasteiger partial charge in [0.2, 0.25) is 0 Å². The molecule has 1 fully saturated rings. The Hall–Kier alpha value is -0.990. The van der Waals surface area contributed by atoms with E-state index in [1.165, 1.54) is 24.2 Å². The molecule has 3 rings (SSSR count). The number of piperidine rings is 1. The number of halogens is 1. The molecule has 0 aliphatic carbocycles. The van der Waals surface area contributed by atoms with Gasteiger partial charge in [-0.25, -0.2) is 4.98 Å². The van der Waals surface area contributed by atoms with E-state index in [0.717, 1.165) is 34.8 Å². The third-order valence-corrected chi connectivity index (χ3v) is 5.53. The van der Waals surface area contributed by atoms with Gasteiger partial charge in [-0.15, -0.1) is 11.3 Å². The minimum Gasteiger partial charge on any atom is -0.298 e. The molecule has 1 atom stereocenters. The molecule has 2 aromatic rings. The van der Waals surface area contributed by atoms with Crippen molar-refractivity contribution in [2.24, 2.45) is 5.92 Å². The van der Waals surface area contributed by atoms with E-state index in [4.69, 9.17) is 0 Å². The first-order valence-corrected chi connectivity index (χ1v) is 9.79. The second kappa shape index (κ2) is 7.72. The number of amides is 1. The maximum absolute atomic E-state index is 12.2. The van der Waals surface area contributed by atoms with Crippen molar-refractivity contribution in [2.75, 3.05) is 18.4 Å². The van der Waals surface area contributed by atoms with Gasteiger partial charge in [0.05, 0.1) is 5.69 Å². The van der Waals surface area contributed by atoms with Crippen LogP contribution in [0, 0.1) is 9.49 Å². The Kier molecular flexibility index (Phi) is 5.66. The van der Waals surface area contributed by atoms with Gasteiger partial charge in [0, 0.05) is 27.6 Å². The topological polar surface area (TPSA) is 45.2 Å². The van der Waals surface area contributed by atoms with E-state index in [0.29, 0.717) is 10.7 Å². The lowest BCUT2D eigenvalue weighted by atomic mass is 10.0. The summed E-state index contributed by atoms with van der Waals surface area (Å²) in [5.74, 6) is 0.663. The first-order valence-electron chi connectivity index (χ1n) is 7.84. The Morgan fingerprint density at radius 3 is 2.96 bits per heavy atom. The zero-order valence-electron chi connectivity index (χ0n) is 13.1. The number of thiazole rings is 1. The highest BCUT2D eigenvalue weighted by Gasteiger charge is 2.17. The summed E-state index contributed by atoms with van der Waals surface area (Å²) in [6, 6.07) is 7.53. The molecule has 6 heteroatoms. The fourth-order valence-electron chi connectivity index (χ4n) is 2.87.